The highest BCUT2D eigenvalue weighted by Gasteiger charge is 2.03. The van der Waals surface area contributed by atoms with Gasteiger partial charge in [0, 0.05) is 28.5 Å². The summed E-state index contributed by atoms with van der Waals surface area (Å²) in [5.41, 5.74) is 8.94. The predicted molar refractivity (Wildman–Crippen MR) is 61.8 cm³/mol. The highest BCUT2D eigenvalue weighted by molar-refractivity contribution is 9.10. The molecule has 0 aliphatic rings. The van der Waals surface area contributed by atoms with E-state index in [0.717, 1.165) is 15.7 Å². The van der Waals surface area contributed by atoms with Crippen LogP contribution in [0.4, 0.5) is 0 Å². The maximum Gasteiger partial charge on any atom is 0.0332 e. The first kappa shape index (κ1) is 9.49. The summed E-state index contributed by atoms with van der Waals surface area (Å²) in [5.74, 6) is 0. The summed E-state index contributed by atoms with van der Waals surface area (Å²) in [6, 6.07) is 10.2. The fraction of sp³-hybridized carbons (Fsp3) is 0.0909. The minimum absolute atomic E-state index is 0.546. The van der Waals surface area contributed by atoms with E-state index in [1.807, 2.05) is 24.4 Å². The molecule has 2 rings (SSSR count). The number of halogens is 1. The molecular weight excluding hydrogens is 240 g/mol. The molecule has 0 aliphatic carbocycles. The quantitative estimate of drug-likeness (QED) is 0.846. The van der Waals surface area contributed by atoms with Crippen molar-refractivity contribution in [3.8, 4) is 11.1 Å². The molecule has 1 aromatic heterocycles. The number of nitrogens with two attached hydrogens (primary N) is 1. The van der Waals surface area contributed by atoms with Gasteiger partial charge in [0.25, 0.3) is 0 Å². The zero-order valence-corrected chi connectivity index (χ0v) is 9.21. The number of aromatic nitrogens is 1. The Labute approximate surface area is 91.3 Å². The lowest BCUT2D eigenvalue weighted by atomic mass is 10.1. The zero-order valence-electron chi connectivity index (χ0n) is 7.63. The van der Waals surface area contributed by atoms with Crippen LogP contribution in [0.2, 0.25) is 0 Å². The zero-order chi connectivity index (χ0) is 9.97. The van der Waals surface area contributed by atoms with Crippen LogP contribution in [-0.2, 0) is 6.54 Å². The van der Waals surface area contributed by atoms with E-state index in [1.165, 1.54) is 5.56 Å². The molecule has 0 spiro atoms. The van der Waals surface area contributed by atoms with Crippen LogP contribution in [0.15, 0.2) is 41.0 Å². The van der Waals surface area contributed by atoms with Gasteiger partial charge < -0.3 is 10.7 Å². The third kappa shape index (κ3) is 1.74. The number of nitrogens with one attached hydrogen (secondary N) is 1. The smallest absolute Gasteiger partial charge is 0.0332 e. The second-order valence-corrected chi connectivity index (χ2v) is 3.95. The Hall–Kier alpha value is -1.06. The van der Waals surface area contributed by atoms with E-state index in [2.05, 4.69) is 33.0 Å². The summed E-state index contributed by atoms with van der Waals surface area (Å²) in [6.07, 6.45) is 1.97. The number of hydrogen-bond donors (Lipinski definition) is 2. The van der Waals surface area contributed by atoms with Gasteiger partial charge in [0.1, 0.15) is 0 Å². The number of H-pyrrole nitrogens is 1. The van der Waals surface area contributed by atoms with Crippen LogP contribution in [0.25, 0.3) is 11.1 Å². The molecule has 14 heavy (non-hydrogen) atoms. The molecule has 0 bridgehead atoms. The molecule has 3 heteroatoms. The van der Waals surface area contributed by atoms with Crippen LogP contribution in [0.3, 0.4) is 0 Å². The summed E-state index contributed by atoms with van der Waals surface area (Å²) < 4.78 is 1.10. The fourth-order valence-electron chi connectivity index (χ4n) is 1.41. The van der Waals surface area contributed by atoms with Gasteiger partial charge in [0.2, 0.25) is 0 Å². The highest BCUT2D eigenvalue weighted by Crippen LogP contribution is 2.28. The first-order valence-corrected chi connectivity index (χ1v) is 5.23. The molecule has 1 heterocycles. The highest BCUT2D eigenvalue weighted by atomic mass is 79.9. The number of hydrogen-bond acceptors (Lipinski definition) is 1. The summed E-state index contributed by atoms with van der Waals surface area (Å²) in [7, 11) is 0. The van der Waals surface area contributed by atoms with E-state index in [-0.39, 0.29) is 0 Å². The maximum atomic E-state index is 5.54. The molecule has 0 amide bonds. The molecule has 0 saturated carbocycles. The van der Waals surface area contributed by atoms with Crippen LogP contribution >= 0.6 is 15.9 Å². The van der Waals surface area contributed by atoms with Crippen molar-refractivity contribution in [1.82, 2.24) is 4.98 Å². The van der Waals surface area contributed by atoms with Gasteiger partial charge in [-0.2, -0.15) is 0 Å². The summed E-state index contributed by atoms with van der Waals surface area (Å²) in [6.45, 7) is 0.546. The van der Waals surface area contributed by atoms with Gasteiger partial charge in [-0.3, -0.25) is 0 Å². The Bertz CT molecular complexity index is 434. The van der Waals surface area contributed by atoms with Crippen LogP contribution in [0, 0.1) is 0 Å². The van der Waals surface area contributed by atoms with Crippen LogP contribution < -0.4 is 5.73 Å². The average molecular weight is 251 g/mol. The normalized spacial score (nSPS) is 10.4. The maximum absolute atomic E-state index is 5.54. The molecule has 0 aliphatic heterocycles. The third-order valence-corrected chi connectivity index (χ3v) is 2.84. The summed E-state index contributed by atoms with van der Waals surface area (Å²) in [5, 5.41) is 0. The van der Waals surface area contributed by atoms with Gasteiger partial charge >= 0.3 is 0 Å². The van der Waals surface area contributed by atoms with Crippen molar-refractivity contribution in [3.05, 3.63) is 46.7 Å². The molecule has 2 aromatic rings. The number of benzene rings is 1. The van der Waals surface area contributed by atoms with E-state index in [4.69, 9.17) is 5.73 Å². The Morgan fingerprint density at radius 3 is 2.71 bits per heavy atom. The largest absolute Gasteiger partial charge is 0.363 e. The molecule has 0 atom stereocenters. The second kappa shape index (κ2) is 3.98. The Morgan fingerprint density at radius 1 is 1.29 bits per heavy atom. The van der Waals surface area contributed by atoms with Crippen molar-refractivity contribution < 1.29 is 0 Å². The van der Waals surface area contributed by atoms with E-state index in [1.54, 1.807) is 0 Å². The first-order chi connectivity index (χ1) is 6.81. The first-order valence-electron chi connectivity index (χ1n) is 4.43. The molecule has 0 radical (unpaired) electrons. The Balaban J connectivity index is 2.44. The lowest BCUT2D eigenvalue weighted by Crippen LogP contribution is -1.94. The SMILES string of the molecule is NCc1cc(-c2ccccc2Br)c[nH]1. The summed E-state index contributed by atoms with van der Waals surface area (Å²) in [4.78, 5) is 3.14. The van der Waals surface area contributed by atoms with Crippen LogP contribution in [0.1, 0.15) is 5.69 Å². The van der Waals surface area contributed by atoms with Crippen molar-refractivity contribution in [3.63, 3.8) is 0 Å². The van der Waals surface area contributed by atoms with Gasteiger partial charge in [-0.05, 0) is 17.7 Å². The molecule has 0 fully saturated rings. The molecule has 72 valence electrons. The van der Waals surface area contributed by atoms with Gasteiger partial charge in [0.05, 0.1) is 0 Å². The lowest BCUT2D eigenvalue weighted by Gasteiger charge is -1.99. The Morgan fingerprint density at radius 2 is 2.07 bits per heavy atom. The van der Waals surface area contributed by atoms with Crippen molar-refractivity contribution in [1.29, 1.82) is 0 Å². The lowest BCUT2D eigenvalue weighted by molar-refractivity contribution is 1.01. The van der Waals surface area contributed by atoms with Gasteiger partial charge in [-0.1, -0.05) is 34.1 Å². The van der Waals surface area contributed by atoms with Crippen LogP contribution in [-0.4, -0.2) is 4.98 Å². The minimum atomic E-state index is 0.546. The molecule has 1 aromatic carbocycles. The van der Waals surface area contributed by atoms with Gasteiger partial charge in [-0.25, -0.2) is 0 Å². The van der Waals surface area contributed by atoms with E-state index < -0.39 is 0 Å². The molecule has 0 saturated heterocycles. The molecular formula is C11H11BrN2. The minimum Gasteiger partial charge on any atom is -0.363 e. The van der Waals surface area contributed by atoms with Crippen molar-refractivity contribution in [2.45, 2.75) is 6.54 Å². The van der Waals surface area contributed by atoms with E-state index in [0.29, 0.717) is 6.54 Å². The second-order valence-electron chi connectivity index (χ2n) is 3.10. The number of rotatable bonds is 2. The standard InChI is InChI=1S/C11H11BrN2/c12-11-4-2-1-3-10(11)8-5-9(6-13)14-7-8/h1-5,7,14H,6,13H2. The van der Waals surface area contributed by atoms with Crippen molar-refractivity contribution in [2.24, 2.45) is 5.73 Å². The third-order valence-electron chi connectivity index (χ3n) is 2.15. The van der Waals surface area contributed by atoms with Crippen LogP contribution in [0.5, 0.6) is 0 Å². The average Bonchev–Trinajstić information content (AvgIpc) is 2.67. The van der Waals surface area contributed by atoms with Gasteiger partial charge in [-0.15, -0.1) is 0 Å². The van der Waals surface area contributed by atoms with Gasteiger partial charge in [0.15, 0.2) is 0 Å². The predicted octanol–water partition coefficient (Wildman–Crippen LogP) is 2.90. The monoisotopic (exact) mass is 250 g/mol. The van der Waals surface area contributed by atoms with E-state index in [9.17, 15) is 0 Å². The number of aromatic amines is 1. The summed E-state index contributed by atoms with van der Waals surface area (Å²) >= 11 is 3.52. The van der Waals surface area contributed by atoms with Crippen molar-refractivity contribution >= 4 is 15.9 Å². The van der Waals surface area contributed by atoms with E-state index >= 15 is 0 Å². The topological polar surface area (TPSA) is 41.8 Å². The molecule has 0 unspecified atom stereocenters. The Kier molecular flexibility index (Phi) is 2.70. The fourth-order valence-corrected chi connectivity index (χ4v) is 1.92. The van der Waals surface area contributed by atoms with Crippen molar-refractivity contribution in [2.75, 3.05) is 0 Å². The molecule has 2 nitrogen and oxygen atoms in total. The molecule has 3 N–H and O–H groups in total.